The van der Waals surface area contributed by atoms with E-state index in [4.69, 9.17) is 27.9 Å². The first kappa shape index (κ1) is 24.7. The second-order valence-corrected chi connectivity index (χ2v) is 9.09. The zero-order valence-electron chi connectivity index (χ0n) is 16.5. The molecule has 3 rings (SSSR count). The molecule has 0 aliphatic carbocycles. The van der Waals surface area contributed by atoms with Gasteiger partial charge in [-0.2, -0.15) is 13.2 Å². The fraction of sp³-hybridized carbons (Fsp3) is 0.0952. The van der Waals surface area contributed by atoms with Crippen molar-refractivity contribution in [2.45, 2.75) is 11.1 Å². The molecule has 3 aromatic carbocycles. The highest BCUT2D eigenvalue weighted by atomic mass is 35.5. The van der Waals surface area contributed by atoms with Gasteiger partial charge in [0.05, 0.1) is 26.2 Å². The van der Waals surface area contributed by atoms with Crippen LogP contribution in [-0.4, -0.2) is 20.9 Å². The number of rotatable bonds is 7. The van der Waals surface area contributed by atoms with Crippen molar-refractivity contribution in [3.05, 3.63) is 82.3 Å². The summed E-state index contributed by atoms with van der Waals surface area (Å²) in [6.45, 7) is -0.610. The SMILES string of the molecule is O=C(COc1ccc(S(=O)(=O)Nc2ccccc2)cc1Cl)Nc1cc(C(F)(F)F)ccc1Cl. The number of anilines is 2. The van der Waals surface area contributed by atoms with Crippen LogP contribution in [-0.2, 0) is 21.0 Å². The molecule has 1 amide bonds. The van der Waals surface area contributed by atoms with Gasteiger partial charge in [0.15, 0.2) is 6.61 Å². The largest absolute Gasteiger partial charge is 0.482 e. The quantitative estimate of drug-likeness (QED) is 0.412. The Balaban J connectivity index is 1.66. The number of nitrogens with one attached hydrogen (secondary N) is 2. The molecule has 0 saturated heterocycles. The molecule has 33 heavy (non-hydrogen) atoms. The maximum atomic E-state index is 12.8. The lowest BCUT2D eigenvalue weighted by atomic mass is 10.2. The first-order chi connectivity index (χ1) is 15.5. The Kier molecular flexibility index (Phi) is 7.41. The first-order valence-corrected chi connectivity index (χ1v) is 11.4. The van der Waals surface area contributed by atoms with E-state index in [1.165, 1.54) is 12.1 Å². The van der Waals surface area contributed by atoms with Crippen molar-refractivity contribution in [1.82, 2.24) is 0 Å². The lowest BCUT2D eigenvalue weighted by molar-refractivity contribution is -0.137. The molecular weight excluding hydrogens is 504 g/mol. The third-order valence-electron chi connectivity index (χ3n) is 4.17. The van der Waals surface area contributed by atoms with Crippen molar-refractivity contribution >= 4 is 50.5 Å². The summed E-state index contributed by atoms with van der Waals surface area (Å²) in [5.41, 5.74) is -0.856. The molecule has 0 fully saturated rings. The fourth-order valence-corrected chi connectivity index (χ4v) is 4.16. The van der Waals surface area contributed by atoms with Crippen LogP contribution >= 0.6 is 23.2 Å². The minimum Gasteiger partial charge on any atom is -0.482 e. The van der Waals surface area contributed by atoms with E-state index in [1.807, 2.05) is 0 Å². The van der Waals surface area contributed by atoms with Gasteiger partial charge in [0, 0.05) is 5.69 Å². The average molecular weight is 519 g/mol. The fourth-order valence-electron chi connectivity index (χ4n) is 2.61. The van der Waals surface area contributed by atoms with Gasteiger partial charge < -0.3 is 10.1 Å². The molecule has 0 spiro atoms. The smallest absolute Gasteiger partial charge is 0.416 e. The summed E-state index contributed by atoms with van der Waals surface area (Å²) in [6, 6.07) is 14.3. The third kappa shape index (κ3) is 6.53. The number of alkyl halides is 3. The minimum atomic E-state index is -4.61. The number of carbonyl (C=O) groups excluding carboxylic acids is 1. The lowest BCUT2D eigenvalue weighted by Crippen LogP contribution is -2.21. The van der Waals surface area contributed by atoms with E-state index in [0.29, 0.717) is 11.8 Å². The van der Waals surface area contributed by atoms with Crippen LogP contribution in [0.3, 0.4) is 0 Å². The van der Waals surface area contributed by atoms with Gasteiger partial charge in [-0.1, -0.05) is 41.4 Å². The molecule has 0 saturated carbocycles. The molecule has 0 radical (unpaired) electrons. The molecule has 0 aliphatic heterocycles. The van der Waals surface area contributed by atoms with Crippen molar-refractivity contribution in [3.8, 4) is 5.75 Å². The van der Waals surface area contributed by atoms with Gasteiger partial charge in [-0.15, -0.1) is 0 Å². The van der Waals surface area contributed by atoms with E-state index in [9.17, 15) is 26.4 Å². The van der Waals surface area contributed by atoms with E-state index < -0.39 is 34.3 Å². The Hall–Kier alpha value is -2.95. The molecule has 2 N–H and O–H groups in total. The Labute approximate surface area is 197 Å². The maximum Gasteiger partial charge on any atom is 0.416 e. The van der Waals surface area contributed by atoms with Gasteiger partial charge in [0.25, 0.3) is 15.9 Å². The first-order valence-electron chi connectivity index (χ1n) is 9.12. The highest BCUT2D eigenvalue weighted by Crippen LogP contribution is 2.34. The van der Waals surface area contributed by atoms with Crippen LogP contribution in [0.2, 0.25) is 10.0 Å². The summed E-state index contributed by atoms with van der Waals surface area (Å²) in [7, 11) is -3.92. The molecule has 0 atom stereocenters. The van der Waals surface area contributed by atoms with Crippen molar-refractivity contribution in [1.29, 1.82) is 0 Å². The second kappa shape index (κ2) is 9.90. The molecular formula is C21H15Cl2F3N2O4S. The van der Waals surface area contributed by atoms with Crippen molar-refractivity contribution in [2.24, 2.45) is 0 Å². The maximum absolute atomic E-state index is 12.8. The van der Waals surface area contributed by atoms with Crippen LogP contribution in [0.5, 0.6) is 5.75 Å². The highest BCUT2D eigenvalue weighted by Gasteiger charge is 2.31. The summed E-state index contributed by atoms with van der Waals surface area (Å²) in [4.78, 5) is 12.0. The number of sulfonamides is 1. The highest BCUT2D eigenvalue weighted by molar-refractivity contribution is 7.92. The van der Waals surface area contributed by atoms with Crippen LogP contribution in [0.15, 0.2) is 71.6 Å². The number of carbonyl (C=O) groups is 1. The predicted octanol–water partition coefficient (Wildman–Crippen LogP) is 5.83. The second-order valence-electron chi connectivity index (χ2n) is 6.59. The molecule has 12 heteroatoms. The predicted molar refractivity (Wildman–Crippen MR) is 119 cm³/mol. The standard InChI is InChI=1S/C21H15Cl2F3N2O4S/c22-16-8-6-13(21(24,25)26)10-18(16)27-20(29)12-32-19-9-7-15(11-17(19)23)33(30,31)28-14-4-2-1-3-5-14/h1-11,28H,12H2,(H,27,29). The van der Waals surface area contributed by atoms with Gasteiger partial charge in [-0.25, -0.2) is 8.42 Å². The van der Waals surface area contributed by atoms with E-state index in [-0.39, 0.29) is 26.4 Å². The van der Waals surface area contributed by atoms with Crippen molar-refractivity contribution in [2.75, 3.05) is 16.6 Å². The number of hydrogen-bond donors (Lipinski definition) is 2. The van der Waals surface area contributed by atoms with E-state index in [2.05, 4.69) is 10.0 Å². The number of ether oxygens (including phenoxy) is 1. The average Bonchev–Trinajstić information content (AvgIpc) is 2.74. The monoisotopic (exact) mass is 518 g/mol. The normalized spacial score (nSPS) is 11.7. The molecule has 0 aromatic heterocycles. The Morgan fingerprint density at radius 1 is 0.939 bits per heavy atom. The molecule has 0 bridgehead atoms. The van der Waals surface area contributed by atoms with E-state index in [1.54, 1.807) is 30.3 Å². The summed E-state index contributed by atoms with van der Waals surface area (Å²) in [5, 5.41) is 2.06. The molecule has 0 unspecified atom stereocenters. The third-order valence-corrected chi connectivity index (χ3v) is 6.17. The Morgan fingerprint density at radius 3 is 2.27 bits per heavy atom. The molecule has 0 aliphatic rings. The zero-order chi connectivity index (χ0) is 24.2. The summed E-state index contributed by atoms with van der Waals surface area (Å²) < 4.78 is 71.2. The topological polar surface area (TPSA) is 84.5 Å². The summed E-state index contributed by atoms with van der Waals surface area (Å²) in [6.07, 6.45) is -4.61. The van der Waals surface area contributed by atoms with Crippen LogP contribution in [0.25, 0.3) is 0 Å². The number of amides is 1. The lowest BCUT2D eigenvalue weighted by Gasteiger charge is -2.13. The molecule has 3 aromatic rings. The Bertz CT molecular complexity index is 1270. The van der Waals surface area contributed by atoms with E-state index in [0.717, 1.165) is 18.2 Å². The van der Waals surface area contributed by atoms with Gasteiger partial charge in [0.1, 0.15) is 5.75 Å². The van der Waals surface area contributed by atoms with Crippen LogP contribution in [0, 0.1) is 0 Å². The molecule has 174 valence electrons. The van der Waals surface area contributed by atoms with Gasteiger partial charge in [-0.3, -0.25) is 9.52 Å². The summed E-state index contributed by atoms with van der Waals surface area (Å²) in [5.74, 6) is -0.796. The van der Waals surface area contributed by atoms with Crippen molar-refractivity contribution < 1.29 is 31.1 Å². The Morgan fingerprint density at radius 2 is 1.64 bits per heavy atom. The zero-order valence-corrected chi connectivity index (χ0v) is 18.8. The van der Waals surface area contributed by atoms with Gasteiger partial charge in [0.2, 0.25) is 0 Å². The van der Waals surface area contributed by atoms with E-state index >= 15 is 0 Å². The number of halogens is 5. The van der Waals surface area contributed by atoms with Crippen LogP contribution < -0.4 is 14.8 Å². The number of benzene rings is 3. The van der Waals surface area contributed by atoms with Crippen LogP contribution in [0.4, 0.5) is 24.5 Å². The van der Waals surface area contributed by atoms with Gasteiger partial charge in [-0.05, 0) is 48.5 Å². The minimum absolute atomic E-state index is 0.000571. The number of hydrogen-bond acceptors (Lipinski definition) is 4. The summed E-state index contributed by atoms with van der Waals surface area (Å²) >= 11 is 11.9. The van der Waals surface area contributed by atoms with Crippen LogP contribution in [0.1, 0.15) is 5.56 Å². The molecule has 0 heterocycles. The number of para-hydroxylation sites is 1. The van der Waals surface area contributed by atoms with Crippen molar-refractivity contribution in [3.63, 3.8) is 0 Å². The molecule has 6 nitrogen and oxygen atoms in total. The van der Waals surface area contributed by atoms with Gasteiger partial charge >= 0.3 is 6.18 Å².